The van der Waals surface area contributed by atoms with Crippen LogP contribution in [0.15, 0.2) is 41.4 Å². The number of ketones is 1. The summed E-state index contributed by atoms with van der Waals surface area (Å²) < 4.78 is 24.5. The first-order chi connectivity index (χ1) is 9.77. The predicted molar refractivity (Wildman–Crippen MR) is 80.2 cm³/mol. The van der Waals surface area contributed by atoms with E-state index in [-0.39, 0.29) is 23.1 Å². The van der Waals surface area contributed by atoms with Crippen LogP contribution in [0.4, 0.5) is 0 Å². The molecule has 6 heteroatoms. The molecule has 0 fully saturated rings. The second-order valence-corrected chi connectivity index (χ2v) is 7.29. The van der Waals surface area contributed by atoms with E-state index in [1.54, 1.807) is 4.68 Å². The van der Waals surface area contributed by atoms with Crippen molar-refractivity contribution in [3.63, 3.8) is 0 Å². The molecule has 0 spiro atoms. The highest BCUT2D eigenvalue weighted by Gasteiger charge is 2.12. The minimum absolute atomic E-state index is 0.0796. The second-order valence-electron chi connectivity index (χ2n) is 5.28. The van der Waals surface area contributed by atoms with Gasteiger partial charge in [-0.2, -0.15) is 5.10 Å². The number of rotatable bonds is 5. The van der Waals surface area contributed by atoms with Gasteiger partial charge >= 0.3 is 0 Å². The molecule has 0 unspecified atom stereocenters. The first kappa shape index (κ1) is 15.4. The first-order valence-corrected chi connectivity index (χ1v) is 8.54. The molecule has 0 radical (unpaired) electrons. The Kier molecular flexibility index (Phi) is 4.27. The van der Waals surface area contributed by atoms with Gasteiger partial charge in [0.2, 0.25) is 0 Å². The number of carbonyl (C=O) groups is 1. The minimum Gasteiger partial charge on any atom is -0.294 e. The summed E-state index contributed by atoms with van der Waals surface area (Å²) in [6.07, 6.45) is 3.19. The van der Waals surface area contributed by atoms with Gasteiger partial charge in [-0.1, -0.05) is 12.1 Å². The highest BCUT2D eigenvalue weighted by molar-refractivity contribution is 7.90. The monoisotopic (exact) mass is 306 g/mol. The average Bonchev–Trinajstić information content (AvgIpc) is 2.86. The molecule has 21 heavy (non-hydrogen) atoms. The third kappa shape index (κ3) is 3.78. The predicted octanol–water partition coefficient (Wildman–Crippen LogP) is 2.29. The number of Topliss-reactive ketones (excluding diaryl/α,β-unsaturated/α-hetero) is 1. The SMILES string of the molecule is CC(C)n1ccc(CC(=O)c2ccc(S(C)(=O)=O)cc2)n1. The van der Waals surface area contributed by atoms with E-state index in [2.05, 4.69) is 5.10 Å². The highest BCUT2D eigenvalue weighted by Crippen LogP contribution is 2.13. The Bertz CT molecular complexity index is 743. The van der Waals surface area contributed by atoms with Crippen molar-refractivity contribution in [2.45, 2.75) is 31.2 Å². The van der Waals surface area contributed by atoms with Crippen LogP contribution in [0.1, 0.15) is 35.9 Å². The lowest BCUT2D eigenvalue weighted by Gasteiger charge is -2.04. The normalized spacial score (nSPS) is 11.8. The van der Waals surface area contributed by atoms with Gasteiger partial charge in [-0.05, 0) is 32.0 Å². The lowest BCUT2D eigenvalue weighted by Crippen LogP contribution is -2.07. The third-order valence-electron chi connectivity index (χ3n) is 3.14. The number of nitrogens with zero attached hydrogens (tertiary/aromatic N) is 2. The van der Waals surface area contributed by atoms with E-state index < -0.39 is 9.84 Å². The molecule has 0 aliphatic carbocycles. The molecule has 0 aliphatic heterocycles. The zero-order valence-corrected chi connectivity index (χ0v) is 13.1. The maximum atomic E-state index is 12.2. The lowest BCUT2D eigenvalue weighted by atomic mass is 10.1. The van der Waals surface area contributed by atoms with Crippen molar-refractivity contribution >= 4 is 15.6 Å². The molecular formula is C15H18N2O3S. The van der Waals surface area contributed by atoms with Gasteiger partial charge in [0.25, 0.3) is 0 Å². The Labute approximate surface area is 124 Å². The Hall–Kier alpha value is -1.95. The van der Waals surface area contributed by atoms with E-state index >= 15 is 0 Å². The molecule has 1 aromatic carbocycles. The number of aromatic nitrogens is 2. The van der Waals surface area contributed by atoms with Crippen molar-refractivity contribution in [2.75, 3.05) is 6.26 Å². The van der Waals surface area contributed by atoms with Gasteiger partial charge in [-0.3, -0.25) is 9.48 Å². The molecule has 0 aliphatic rings. The van der Waals surface area contributed by atoms with E-state index in [1.807, 2.05) is 26.1 Å². The Morgan fingerprint density at radius 2 is 1.81 bits per heavy atom. The number of hydrogen-bond acceptors (Lipinski definition) is 4. The van der Waals surface area contributed by atoms with Crippen molar-refractivity contribution < 1.29 is 13.2 Å². The van der Waals surface area contributed by atoms with E-state index in [0.29, 0.717) is 11.3 Å². The molecule has 2 aromatic rings. The van der Waals surface area contributed by atoms with Gasteiger partial charge in [-0.25, -0.2) is 8.42 Å². The van der Waals surface area contributed by atoms with Crippen LogP contribution in [0.3, 0.4) is 0 Å². The Balaban J connectivity index is 2.13. The van der Waals surface area contributed by atoms with Gasteiger partial charge in [0, 0.05) is 24.1 Å². The number of hydrogen-bond donors (Lipinski definition) is 0. The van der Waals surface area contributed by atoms with Gasteiger partial charge in [0.05, 0.1) is 17.0 Å². The molecule has 1 heterocycles. The maximum absolute atomic E-state index is 12.2. The smallest absolute Gasteiger partial charge is 0.175 e. The van der Waals surface area contributed by atoms with Crippen molar-refractivity contribution in [3.05, 3.63) is 47.8 Å². The third-order valence-corrected chi connectivity index (χ3v) is 4.27. The zero-order chi connectivity index (χ0) is 15.6. The molecule has 0 amide bonds. The van der Waals surface area contributed by atoms with Crippen molar-refractivity contribution in [2.24, 2.45) is 0 Å². The van der Waals surface area contributed by atoms with E-state index in [1.165, 1.54) is 24.3 Å². The summed E-state index contributed by atoms with van der Waals surface area (Å²) in [6, 6.07) is 8.06. The average molecular weight is 306 g/mol. The van der Waals surface area contributed by atoms with Crippen LogP contribution in [-0.4, -0.2) is 30.2 Å². The lowest BCUT2D eigenvalue weighted by molar-refractivity contribution is 0.0991. The topological polar surface area (TPSA) is 69.0 Å². The van der Waals surface area contributed by atoms with Crippen molar-refractivity contribution in [3.8, 4) is 0 Å². The molecule has 0 saturated heterocycles. The Morgan fingerprint density at radius 1 is 1.19 bits per heavy atom. The highest BCUT2D eigenvalue weighted by atomic mass is 32.2. The van der Waals surface area contributed by atoms with Crippen LogP contribution in [-0.2, 0) is 16.3 Å². The van der Waals surface area contributed by atoms with E-state index in [4.69, 9.17) is 0 Å². The maximum Gasteiger partial charge on any atom is 0.175 e. The largest absolute Gasteiger partial charge is 0.294 e. The molecule has 0 atom stereocenters. The van der Waals surface area contributed by atoms with Crippen LogP contribution in [0.25, 0.3) is 0 Å². The Morgan fingerprint density at radius 3 is 2.29 bits per heavy atom. The molecular weight excluding hydrogens is 288 g/mol. The zero-order valence-electron chi connectivity index (χ0n) is 12.3. The van der Waals surface area contributed by atoms with Crippen LogP contribution in [0.5, 0.6) is 0 Å². The number of sulfone groups is 1. The van der Waals surface area contributed by atoms with E-state index in [9.17, 15) is 13.2 Å². The molecule has 5 nitrogen and oxygen atoms in total. The van der Waals surface area contributed by atoms with Crippen molar-refractivity contribution in [1.29, 1.82) is 0 Å². The summed E-state index contributed by atoms with van der Waals surface area (Å²) in [4.78, 5) is 12.4. The standard InChI is InChI=1S/C15H18N2O3S/c1-11(2)17-9-8-13(16-17)10-15(18)12-4-6-14(7-5-12)21(3,19)20/h4-9,11H,10H2,1-3H3. The summed E-state index contributed by atoms with van der Waals surface area (Å²) >= 11 is 0. The van der Waals surface area contributed by atoms with Crippen LogP contribution < -0.4 is 0 Å². The van der Waals surface area contributed by atoms with Crippen molar-refractivity contribution in [1.82, 2.24) is 9.78 Å². The summed E-state index contributed by atoms with van der Waals surface area (Å²) in [5.41, 5.74) is 1.20. The van der Waals surface area contributed by atoms with E-state index in [0.717, 1.165) is 6.26 Å². The molecule has 0 N–H and O–H groups in total. The molecule has 0 bridgehead atoms. The fourth-order valence-corrected chi connectivity index (χ4v) is 2.54. The van der Waals surface area contributed by atoms with Gasteiger partial charge in [0.15, 0.2) is 15.6 Å². The van der Waals surface area contributed by atoms with Crippen LogP contribution in [0, 0.1) is 0 Å². The summed E-state index contributed by atoms with van der Waals surface area (Å²) in [6.45, 7) is 4.03. The number of carbonyl (C=O) groups excluding carboxylic acids is 1. The van der Waals surface area contributed by atoms with Gasteiger partial charge in [-0.15, -0.1) is 0 Å². The fraction of sp³-hybridized carbons (Fsp3) is 0.333. The summed E-state index contributed by atoms with van der Waals surface area (Å²) in [5, 5.41) is 4.33. The quantitative estimate of drug-likeness (QED) is 0.795. The summed E-state index contributed by atoms with van der Waals surface area (Å²) in [7, 11) is -3.24. The minimum atomic E-state index is -3.24. The van der Waals surface area contributed by atoms with Gasteiger partial charge < -0.3 is 0 Å². The molecule has 1 aromatic heterocycles. The van der Waals surface area contributed by atoms with Gasteiger partial charge in [0.1, 0.15) is 0 Å². The van der Waals surface area contributed by atoms with Crippen LogP contribution in [0.2, 0.25) is 0 Å². The molecule has 0 saturated carbocycles. The summed E-state index contributed by atoms with van der Waals surface area (Å²) in [5.74, 6) is -0.0796. The first-order valence-electron chi connectivity index (χ1n) is 6.65. The number of benzene rings is 1. The fourth-order valence-electron chi connectivity index (χ4n) is 1.91. The van der Waals surface area contributed by atoms with Crippen LogP contribution >= 0.6 is 0 Å². The molecule has 2 rings (SSSR count). The molecule has 112 valence electrons. The second kappa shape index (κ2) is 5.81.